The van der Waals surface area contributed by atoms with Crippen LogP contribution < -0.4 is 10.1 Å². The van der Waals surface area contributed by atoms with E-state index in [1.807, 2.05) is 18.2 Å². The second-order valence-corrected chi connectivity index (χ2v) is 8.91. The average Bonchev–Trinajstić information content (AvgIpc) is 3.30. The van der Waals surface area contributed by atoms with E-state index in [9.17, 15) is 9.59 Å². The molecule has 2 unspecified atom stereocenters. The molecule has 2 heterocycles. The number of halogens is 2. The summed E-state index contributed by atoms with van der Waals surface area (Å²) in [4.78, 5) is 27.8. The van der Waals surface area contributed by atoms with Crippen molar-refractivity contribution in [2.24, 2.45) is 0 Å². The van der Waals surface area contributed by atoms with Crippen molar-refractivity contribution in [2.45, 2.75) is 44.2 Å². The number of benzene rings is 2. The van der Waals surface area contributed by atoms with E-state index in [1.165, 1.54) is 6.07 Å². The highest BCUT2D eigenvalue weighted by Gasteiger charge is 2.35. The van der Waals surface area contributed by atoms with Crippen molar-refractivity contribution in [3.8, 4) is 5.75 Å². The number of hydrogen-bond acceptors (Lipinski definition) is 4. The minimum Gasteiger partial charge on any atom is -0.489 e. The highest BCUT2D eigenvalue weighted by atomic mass is 35.5. The van der Waals surface area contributed by atoms with Crippen molar-refractivity contribution in [1.82, 2.24) is 4.90 Å². The van der Waals surface area contributed by atoms with Crippen molar-refractivity contribution >= 4 is 40.7 Å². The molecule has 0 saturated carbocycles. The third-order valence-corrected chi connectivity index (χ3v) is 6.38. The van der Waals surface area contributed by atoms with E-state index in [-0.39, 0.29) is 17.9 Å². The van der Waals surface area contributed by atoms with Gasteiger partial charge in [0.05, 0.1) is 22.4 Å². The second kappa shape index (κ2) is 10.6. The van der Waals surface area contributed by atoms with Crippen molar-refractivity contribution in [2.75, 3.05) is 25.1 Å². The van der Waals surface area contributed by atoms with Gasteiger partial charge >= 0.3 is 0 Å². The van der Waals surface area contributed by atoms with Crippen molar-refractivity contribution in [1.29, 1.82) is 0 Å². The molecule has 2 saturated heterocycles. The minimum atomic E-state index is -0.590. The van der Waals surface area contributed by atoms with E-state index >= 15 is 0 Å². The van der Waals surface area contributed by atoms with Gasteiger partial charge in [0.1, 0.15) is 18.4 Å². The molecule has 2 aromatic rings. The summed E-state index contributed by atoms with van der Waals surface area (Å²) in [5.41, 5.74) is 0.878. The molecule has 170 valence electrons. The maximum absolute atomic E-state index is 13.1. The third-order valence-electron chi connectivity index (χ3n) is 5.82. The summed E-state index contributed by atoms with van der Waals surface area (Å²) in [6.45, 7) is 1.68. The molecule has 0 spiro atoms. The number of anilines is 1. The van der Waals surface area contributed by atoms with E-state index in [2.05, 4.69) is 5.32 Å². The zero-order chi connectivity index (χ0) is 22.5. The predicted molar refractivity (Wildman–Crippen MR) is 125 cm³/mol. The number of likely N-dealkylation sites (tertiary alicyclic amines) is 1. The number of para-hydroxylation sites is 2. The third kappa shape index (κ3) is 5.37. The van der Waals surface area contributed by atoms with Crippen LogP contribution in [-0.2, 0) is 9.53 Å². The molecule has 0 bridgehead atoms. The first-order chi connectivity index (χ1) is 15.5. The first-order valence-corrected chi connectivity index (χ1v) is 11.7. The normalized spacial score (nSPS) is 20.8. The van der Waals surface area contributed by atoms with Gasteiger partial charge in [-0.05, 0) is 62.4 Å². The van der Waals surface area contributed by atoms with Crippen LogP contribution in [0.3, 0.4) is 0 Å². The van der Waals surface area contributed by atoms with Crippen LogP contribution in [0.5, 0.6) is 5.75 Å². The monoisotopic (exact) mass is 476 g/mol. The maximum Gasteiger partial charge on any atom is 0.256 e. The Morgan fingerprint density at radius 2 is 1.94 bits per heavy atom. The Morgan fingerprint density at radius 1 is 1.09 bits per heavy atom. The van der Waals surface area contributed by atoms with Gasteiger partial charge in [0.15, 0.2) is 0 Å². The van der Waals surface area contributed by atoms with Gasteiger partial charge in [-0.1, -0.05) is 35.3 Å². The molecule has 2 aliphatic heterocycles. The molecule has 32 heavy (non-hydrogen) atoms. The van der Waals surface area contributed by atoms with Gasteiger partial charge < -0.3 is 19.7 Å². The van der Waals surface area contributed by atoms with Gasteiger partial charge in [0, 0.05) is 18.2 Å². The highest BCUT2D eigenvalue weighted by Crippen LogP contribution is 2.29. The van der Waals surface area contributed by atoms with Gasteiger partial charge in [0.25, 0.3) is 5.91 Å². The molecule has 1 N–H and O–H groups in total. The lowest BCUT2D eigenvalue weighted by atomic mass is 10.1. The van der Waals surface area contributed by atoms with Gasteiger partial charge in [-0.25, -0.2) is 0 Å². The Bertz CT molecular complexity index is 978. The Kier molecular flexibility index (Phi) is 7.55. The molecule has 8 heteroatoms. The topological polar surface area (TPSA) is 67.9 Å². The number of nitrogens with one attached hydrogen (secondary N) is 1. The number of ether oxygens (including phenoxy) is 2. The number of nitrogens with zero attached hydrogens (tertiary/aromatic N) is 1. The minimum absolute atomic E-state index is 0.0675. The zero-order valence-electron chi connectivity index (χ0n) is 17.7. The van der Waals surface area contributed by atoms with E-state index in [0.717, 1.165) is 32.3 Å². The summed E-state index contributed by atoms with van der Waals surface area (Å²) in [6.07, 6.45) is 4.57. The average molecular weight is 477 g/mol. The van der Waals surface area contributed by atoms with Gasteiger partial charge in [-0.2, -0.15) is 0 Å². The lowest BCUT2D eigenvalue weighted by Crippen LogP contribution is -2.43. The Morgan fingerprint density at radius 3 is 2.75 bits per heavy atom. The predicted octanol–water partition coefficient (Wildman–Crippen LogP) is 5.18. The fourth-order valence-electron chi connectivity index (χ4n) is 4.13. The van der Waals surface area contributed by atoms with E-state index in [1.54, 1.807) is 23.1 Å². The van der Waals surface area contributed by atoms with Crippen LogP contribution >= 0.6 is 23.2 Å². The molecule has 6 nitrogen and oxygen atoms in total. The smallest absolute Gasteiger partial charge is 0.256 e. The van der Waals surface area contributed by atoms with Gasteiger partial charge in [-0.3, -0.25) is 9.59 Å². The summed E-state index contributed by atoms with van der Waals surface area (Å²) in [5, 5.41) is 3.68. The molecule has 2 aliphatic rings. The first-order valence-electron chi connectivity index (χ1n) is 10.9. The quantitative estimate of drug-likeness (QED) is 0.622. The Labute approximate surface area is 197 Å². The molecule has 0 aromatic heterocycles. The van der Waals surface area contributed by atoms with E-state index < -0.39 is 6.04 Å². The first kappa shape index (κ1) is 22.9. The fourth-order valence-corrected chi connectivity index (χ4v) is 4.50. The van der Waals surface area contributed by atoms with Gasteiger partial charge in [-0.15, -0.1) is 0 Å². The van der Waals surface area contributed by atoms with Crippen LogP contribution in [0.15, 0.2) is 42.5 Å². The largest absolute Gasteiger partial charge is 0.489 e. The van der Waals surface area contributed by atoms with Crippen LogP contribution in [0.2, 0.25) is 10.0 Å². The molecule has 0 radical (unpaired) electrons. The fraction of sp³-hybridized carbons (Fsp3) is 0.417. The number of carbonyl (C=O) groups is 2. The van der Waals surface area contributed by atoms with Crippen LogP contribution in [0.4, 0.5) is 5.69 Å². The second-order valence-electron chi connectivity index (χ2n) is 8.07. The van der Waals surface area contributed by atoms with Crippen LogP contribution in [-0.4, -0.2) is 48.6 Å². The lowest BCUT2D eigenvalue weighted by molar-refractivity contribution is -0.119. The van der Waals surface area contributed by atoms with E-state index in [4.69, 9.17) is 32.7 Å². The van der Waals surface area contributed by atoms with Crippen LogP contribution in [0, 0.1) is 0 Å². The number of carbonyl (C=O) groups excluding carboxylic acids is 2. The number of rotatable bonds is 6. The molecule has 2 amide bonds. The van der Waals surface area contributed by atoms with Crippen LogP contribution in [0.25, 0.3) is 0 Å². The summed E-state index contributed by atoms with van der Waals surface area (Å²) in [7, 11) is 0. The molecular formula is C24H26Cl2N2O4. The van der Waals surface area contributed by atoms with Crippen molar-refractivity contribution < 1.29 is 19.1 Å². The zero-order valence-corrected chi connectivity index (χ0v) is 19.2. The SMILES string of the molecule is O=C(Nc1ccccc1OCC1CCCCO1)C1CCCN1C(=O)c1cc(Cl)ccc1Cl. The summed E-state index contributed by atoms with van der Waals surface area (Å²) < 4.78 is 11.7. The van der Waals surface area contributed by atoms with Gasteiger partial charge in [0.2, 0.25) is 5.91 Å². The highest BCUT2D eigenvalue weighted by molar-refractivity contribution is 6.35. The molecular weight excluding hydrogens is 451 g/mol. The number of hydrogen-bond donors (Lipinski definition) is 1. The standard InChI is InChI=1S/C24H26Cl2N2O4/c25-16-10-11-19(26)18(14-16)24(30)28-12-5-8-21(28)23(29)27-20-7-1-2-9-22(20)32-15-17-6-3-4-13-31-17/h1-2,7,9-11,14,17,21H,3-6,8,12-13,15H2,(H,27,29). The summed E-state index contributed by atoms with van der Waals surface area (Å²) in [5.74, 6) is 0.0388. The van der Waals surface area contributed by atoms with Crippen molar-refractivity contribution in [3.05, 3.63) is 58.1 Å². The van der Waals surface area contributed by atoms with E-state index in [0.29, 0.717) is 46.6 Å². The van der Waals surface area contributed by atoms with Crippen LogP contribution in [0.1, 0.15) is 42.5 Å². The molecule has 2 fully saturated rings. The molecule has 4 rings (SSSR count). The van der Waals surface area contributed by atoms with Crippen molar-refractivity contribution in [3.63, 3.8) is 0 Å². The number of amides is 2. The molecule has 0 aliphatic carbocycles. The Balaban J connectivity index is 1.44. The maximum atomic E-state index is 13.1. The Hall–Kier alpha value is -2.28. The molecule has 2 aromatic carbocycles. The summed E-state index contributed by atoms with van der Waals surface area (Å²) in [6, 6.07) is 11.5. The lowest BCUT2D eigenvalue weighted by Gasteiger charge is -2.25. The molecule has 2 atom stereocenters. The summed E-state index contributed by atoms with van der Waals surface area (Å²) >= 11 is 12.3.